The zero-order chi connectivity index (χ0) is 18.7. The molecule has 0 atom stereocenters. The van der Waals surface area contributed by atoms with Crippen molar-refractivity contribution in [3.05, 3.63) is 30.2 Å². The van der Waals surface area contributed by atoms with Crippen molar-refractivity contribution in [2.45, 2.75) is 26.3 Å². The molecule has 1 aliphatic heterocycles. The molecule has 1 saturated heterocycles. The Bertz CT molecular complexity index is 830. The molecule has 0 unspecified atom stereocenters. The molecule has 0 aliphatic carbocycles. The van der Waals surface area contributed by atoms with E-state index in [0.717, 1.165) is 16.2 Å². The molecule has 9 nitrogen and oxygen atoms in total. The molecule has 0 N–H and O–H groups in total. The van der Waals surface area contributed by atoms with Gasteiger partial charge in [-0.2, -0.15) is 4.98 Å². The summed E-state index contributed by atoms with van der Waals surface area (Å²) in [6.07, 6.45) is 1.45. The van der Waals surface area contributed by atoms with Gasteiger partial charge in [0.25, 0.3) is 0 Å². The lowest BCUT2D eigenvalue weighted by molar-refractivity contribution is -0.143. The molecule has 4 amide bonds. The zero-order valence-corrected chi connectivity index (χ0v) is 14.5. The summed E-state index contributed by atoms with van der Waals surface area (Å²) in [5, 5.41) is 3.85. The summed E-state index contributed by atoms with van der Waals surface area (Å²) < 4.78 is 10.2. The predicted octanol–water partition coefficient (Wildman–Crippen LogP) is 1.84. The van der Waals surface area contributed by atoms with Crippen LogP contribution in [0.2, 0.25) is 0 Å². The zero-order valence-electron chi connectivity index (χ0n) is 14.5. The fraction of sp³-hybridized carbons (Fsp3) is 0.353. The van der Waals surface area contributed by atoms with E-state index in [4.69, 9.17) is 9.26 Å². The fourth-order valence-electron chi connectivity index (χ4n) is 2.51. The Kier molecular flexibility index (Phi) is 4.97. The van der Waals surface area contributed by atoms with Crippen LogP contribution in [0.15, 0.2) is 28.8 Å². The van der Waals surface area contributed by atoms with E-state index in [1.165, 1.54) is 0 Å². The molecule has 2 heterocycles. The van der Waals surface area contributed by atoms with Gasteiger partial charge in [-0.05, 0) is 30.7 Å². The highest BCUT2D eigenvalue weighted by Gasteiger charge is 2.44. The summed E-state index contributed by atoms with van der Waals surface area (Å²) >= 11 is 0. The van der Waals surface area contributed by atoms with E-state index in [0.29, 0.717) is 23.6 Å². The number of imide groups is 2. The second-order valence-electron chi connectivity index (χ2n) is 5.72. The standard InChI is InChI=1S/C17H18N4O5/c1-3-4-9-20-15(22)16(23)21(17(20)24)10-13-18-14(19-26-13)11-5-7-12(25-2)8-6-11/h5-8H,3-4,9-10H2,1-2H3. The Hall–Kier alpha value is -3.23. The van der Waals surface area contributed by atoms with Crippen molar-refractivity contribution in [1.29, 1.82) is 0 Å². The number of benzene rings is 1. The number of amides is 4. The number of nitrogens with zero attached hydrogens (tertiary/aromatic N) is 4. The quantitative estimate of drug-likeness (QED) is 0.549. The van der Waals surface area contributed by atoms with Crippen molar-refractivity contribution in [2.75, 3.05) is 13.7 Å². The molecule has 0 saturated carbocycles. The Morgan fingerprint density at radius 1 is 1.08 bits per heavy atom. The van der Waals surface area contributed by atoms with Crippen LogP contribution in [0.5, 0.6) is 5.75 Å². The van der Waals surface area contributed by atoms with E-state index in [1.807, 2.05) is 6.92 Å². The summed E-state index contributed by atoms with van der Waals surface area (Å²) in [6, 6.07) is 6.37. The highest BCUT2D eigenvalue weighted by molar-refractivity contribution is 6.44. The van der Waals surface area contributed by atoms with Crippen LogP contribution in [0.1, 0.15) is 25.7 Å². The van der Waals surface area contributed by atoms with E-state index in [9.17, 15) is 14.4 Å². The van der Waals surface area contributed by atoms with E-state index >= 15 is 0 Å². The smallest absolute Gasteiger partial charge is 0.334 e. The van der Waals surface area contributed by atoms with Crippen LogP contribution in [0.25, 0.3) is 11.4 Å². The van der Waals surface area contributed by atoms with Gasteiger partial charge in [-0.15, -0.1) is 0 Å². The van der Waals surface area contributed by atoms with Crippen LogP contribution < -0.4 is 4.74 Å². The molecule has 2 aromatic rings. The number of methoxy groups -OCH3 is 1. The summed E-state index contributed by atoms with van der Waals surface area (Å²) in [4.78, 5) is 42.2. The van der Waals surface area contributed by atoms with E-state index in [1.54, 1.807) is 31.4 Å². The lowest BCUT2D eigenvalue weighted by Crippen LogP contribution is -2.33. The van der Waals surface area contributed by atoms with E-state index in [-0.39, 0.29) is 19.0 Å². The van der Waals surface area contributed by atoms with Gasteiger partial charge in [-0.25, -0.2) is 9.69 Å². The van der Waals surface area contributed by atoms with Crippen LogP contribution in [0.3, 0.4) is 0 Å². The molecular formula is C17H18N4O5. The maximum absolute atomic E-state index is 12.3. The van der Waals surface area contributed by atoms with Gasteiger partial charge in [0.2, 0.25) is 11.7 Å². The number of rotatable bonds is 7. The predicted molar refractivity (Wildman–Crippen MR) is 88.9 cm³/mol. The molecule has 0 spiro atoms. The summed E-state index contributed by atoms with van der Waals surface area (Å²) in [5.74, 6) is -0.622. The SMILES string of the molecule is CCCCN1C(=O)C(=O)N(Cc2nc(-c3ccc(OC)cc3)no2)C1=O. The molecule has 1 aliphatic rings. The van der Waals surface area contributed by atoms with Crippen LogP contribution in [-0.2, 0) is 16.1 Å². The Balaban J connectivity index is 1.73. The number of carbonyl (C=O) groups is 3. The van der Waals surface area contributed by atoms with Crippen LogP contribution in [-0.4, -0.2) is 51.4 Å². The maximum atomic E-state index is 12.3. The third-order valence-corrected chi connectivity index (χ3v) is 3.98. The number of hydrogen-bond donors (Lipinski definition) is 0. The van der Waals surface area contributed by atoms with Gasteiger partial charge < -0.3 is 9.26 Å². The van der Waals surface area contributed by atoms with Crippen LogP contribution in [0, 0.1) is 0 Å². The lowest BCUT2D eigenvalue weighted by Gasteiger charge is -2.13. The monoisotopic (exact) mass is 358 g/mol. The highest BCUT2D eigenvalue weighted by Crippen LogP contribution is 2.21. The average Bonchev–Trinajstić information content (AvgIpc) is 3.20. The number of ether oxygens (including phenoxy) is 1. The molecule has 136 valence electrons. The van der Waals surface area contributed by atoms with Crippen molar-refractivity contribution < 1.29 is 23.6 Å². The largest absolute Gasteiger partial charge is 0.497 e. The molecule has 26 heavy (non-hydrogen) atoms. The summed E-state index contributed by atoms with van der Waals surface area (Å²) in [5.41, 5.74) is 0.695. The highest BCUT2D eigenvalue weighted by atomic mass is 16.5. The van der Waals surface area contributed by atoms with E-state index in [2.05, 4.69) is 10.1 Å². The first-order valence-corrected chi connectivity index (χ1v) is 8.19. The van der Waals surface area contributed by atoms with E-state index < -0.39 is 17.8 Å². The van der Waals surface area contributed by atoms with Gasteiger partial charge in [0, 0.05) is 12.1 Å². The molecule has 1 aromatic carbocycles. The van der Waals surface area contributed by atoms with Crippen molar-refractivity contribution >= 4 is 17.8 Å². The first kappa shape index (κ1) is 17.6. The van der Waals surface area contributed by atoms with Crippen LogP contribution in [0.4, 0.5) is 4.79 Å². The molecule has 3 rings (SSSR count). The minimum absolute atomic E-state index is 0.0719. The molecular weight excluding hydrogens is 340 g/mol. The second kappa shape index (κ2) is 7.34. The second-order valence-corrected chi connectivity index (χ2v) is 5.72. The number of urea groups is 1. The normalized spacial score (nSPS) is 14.5. The number of unbranched alkanes of at least 4 members (excludes halogenated alkanes) is 1. The molecule has 9 heteroatoms. The van der Waals surface area contributed by atoms with Crippen LogP contribution >= 0.6 is 0 Å². The number of hydrogen-bond acceptors (Lipinski definition) is 7. The Morgan fingerprint density at radius 2 is 1.77 bits per heavy atom. The number of carbonyl (C=O) groups excluding carboxylic acids is 3. The van der Waals surface area contributed by atoms with Gasteiger partial charge in [0.05, 0.1) is 7.11 Å². The van der Waals surface area contributed by atoms with Gasteiger partial charge in [0.15, 0.2) is 0 Å². The molecule has 1 aromatic heterocycles. The molecule has 1 fully saturated rings. The van der Waals surface area contributed by atoms with Gasteiger partial charge in [-0.1, -0.05) is 18.5 Å². The van der Waals surface area contributed by atoms with Crippen molar-refractivity contribution in [2.24, 2.45) is 0 Å². The Morgan fingerprint density at radius 3 is 2.42 bits per heavy atom. The topological polar surface area (TPSA) is 106 Å². The third-order valence-electron chi connectivity index (χ3n) is 3.98. The minimum atomic E-state index is -0.879. The third kappa shape index (κ3) is 3.28. The minimum Gasteiger partial charge on any atom is -0.497 e. The summed E-state index contributed by atoms with van der Waals surface area (Å²) in [6.45, 7) is 1.91. The first-order chi connectivity index (χ1) is 12.5. The molecule has 0 radical (unpaired) electrons. The van der Waals surface area contributed by atoms with Crippen molar-refractivity contribution in [1.82, 2.24) is 19.9 Å². The summed E-state index contributed by atoms with van der Waals surface area (Å²) in [7, 11) is 1.57. The van der Waals surface area contributed by atoms with Crippen molar-refractivity contribution in [3.8, 4) is 17.1 Å². The van der Waals surface area contributed by atoms with Gasteiger partial charge in [0.1, 0.15) is 12.3 Å². The fourth-order valence-corrected chi connectivity index (χ4v) is 2.51. The number of aromatic nitrogens is 2. The Labute approximate surface area is 149 Å². The lowest BCUT2D eigenvalue weighted by atomic mass is 10.2. The maximum Gasteiger partial charge on any atom is 0.334 e. The van der Waals surface area contributed by atoms with Gasteiger partial charge >= 0.3 is 17.8 Å². The molecule has 0 bridgehead atoms. The average molecular weight is 358 g/mol. The van der Waals surface area contributed by atoms with Gasteiger partial charge in [-0.3, -0.25) is 14.5 Å². The van der Waals surface area contributed by atoms with Crippen molar-refractivity contribution in [3.63, 3.8) is 0 Å². The first-order valence-electron chi connectivity index (χ1n) is 8.19.